The smallest absolute Gasteiger partial charge is 0.306 e. The van der Waals surface area contributed by atoms with Gasteiger partial charge in [0.1, 0.15) is 24.4 Å². The Morgan fingerprint density at radius 3 is 1.62 bits per heavy atom. The van der Waals surface area contributed by atoms with E-state index >= 15 is 0 Å². The van der Waals surface area contributed by atoms with E-state index in [0.717, 1.165) is 64.2 Å². The summed E-state index contributed by atoms with van der Waals surface area (Å²) in [5.74, 6) is -1.25. The third kappa shape index (κ3) is 13.5. The zero-order chi connectivity index (χ0) is 24.4. The lowest BCUT2D eigenvalue weighted by Crippen LogP contribution is -2.52. The Balaban J connectivity index is 4.42. The van der Waals surface area contributed by atoms with Gasteiger partial charge < -0.3 is 30.3 Å². The minimum atomic E-state index is -1.96. The number of hydrogen-bond acceptors (Lipinski definition) is 8. The van der Waals surface area contributed by atoms with Crippen LogP contribution in [-0.2, 0) is 14.3 Å². The van der Waals surface area contributed by atoms with Crippen LogP contribution in [-0.4, -0.2) is 74.4 Å². The second-order valence-electron chi connectivity index (χ2n) is 8.63. The van der Waals surface area contributed by atoms with Crippen LogP contribution in [0.25, 0.3) is 0 Å². The van der Waals surface area contributed by atoms with E-state index in [9.17, 15) is 35.1 Å². The third-order valence-corrected chi connectivity index (χ3v) is 5.71. The van der Waals surface area contributed by atoms with Crippen LogP contribution in [0.1, 0.15) is 104 Å². The predicted molar refractivity (Wildman–Crippen MR) is 122 cm³/mol. The number of aliphatic hydroxyl groups excluding tert-OH is 5. The second kappa shape index (κ2) is 19.4. The second-order valence-corrected chi connectivity index (χ2v) is 8.63. The fraction of sp³-hybridized carbons (Fsp3) is 0.917. The number of ether oxygens (including phenoxy) is 1. The molecule has 0 aliphatic heterocycles. The molecule has 8 nitrogen and oxygen atoms in total. The first kappa shape index (κ1) is 30.9. The van der Waals surface area contributed by atoms with Crippen LogP contribution in [0, 0.1) is 0 Å². The SMILES string of the molecule is CCCCCCCCC(=O)O[C@H](CO)[C@@H](O)[C@H](O)[C@@H](O)C(O)C(=O)CCCCCCCC. The van der Waals surface area contributed by atoms with Crippen molar-refractivity contribution >= 4 is 11.8 Å². The van der Waals surface area contributed by atoms with Crippen molar-refractivity contribution < 1.29 is 39.9 Å². The molecule has 5 N–H and O–H groups in total. The van der Waals surface area contributed by atoms with Gasteiger partial charge in [-0.3, -0.25) is 9.59 Å². The van der Waals surface area contributed by atoms with Crippen LogP contribution < -0.4 is 0 Å². The molecule has 0 saturated heterocycles. The fourth-order valence-corrected chi connectivity index (χ4v) is 3.52. The van der Waals surface area contributed by atoms with E-state index in [0.29, 0.717) is 12.8 Å². The Hall–Kier alpha value is -1.06. The summed E-state index contributed by atoms with van der Waals surface area (Å²) in [7, 11) is 0. The molecule has 0 bridgehead atoms. The summed E-state index contributed by atoms with van der Waals surface area (Å²) in [6.45, 7) is 3.46. The van der Waals surface area contributed by atoms with Gasteiger partial charge in [0.2, 0.25) is 0 Å². The fourth-order valence-electron chi connectivity index (χ4n) is 3.52. The minimum Gasteiger partial charge on any atom is -0.457 e. The summed E-state index contributed by atoms with van der Waals surface area (Å²) in [6.07, 6.45) is 2.70. The van der Waals surface area contributed by atoms with Crippen LogP contribution in [0.2, 0.25) is 0 Å². The number of esters is 1. The molecule has 0 aromatic rings. The zero-order valence-electron chi connectivity index (χ0n) is 20.0. The molecule has 1 unspecified atom stereocenters. The number of aliphatic hydroxyl groups is 5. The summed E-state index contributed by atoms with van der Waals surface area (Å²) < 4.78 is 5.04. The van der Waals surface area contributed by atoms with E-state index in [-0.39, 0.29) is 12.8 Å². The van der Waals surface area contributed by atoms with Gasteiger partial charge in [-0.05, 0) is 12.8 Å². The lowest BCUT2D eigenvalue weighted by molar-refractivity contribution is -0.176. The summed E-state index contributed by atoms with van der Waals surface area (Å²) in [5, 5.41) is 50.0. The maximum Gasteiger partial charge on any atom is 0.306 e. The van der Waals surface area contributed by atoms with E-state index in [4.69, 9.17) is 4.74 Å². The number of unbranched alkanes of at least 4 members (excludes halogenated alkanes) is 10. The van der Waals surface area contributed by atoms with Gasteiger partial charge in [-0.15, -0.1) is 0 Å². The Morgan fingerprint density at radius 1 is 0.656 bits per heavy atom. The van der Waals surface area contributed by atoms with Crippen LogP contribution in [0.3, 0.4) is 0 Å². The van der Waals surface area contributed by atoms with E-state index in [1.54, 1.807) is 0 Å². The van der Waals surface area contributed by atoms with E-state index < -0.39 is 48.9 Å². The van der Waals surface area contributed by atoms with Crippen molar-refractivity contribution in [3.05, 3.63) is 0 Å². The van der Waals surface area contributed by atoms with Crippen molar-refractivity contribution in [2.24, 2.45) is 0 Å². The molecule has 32 heavy (non-hydrogen) atoms. The molecule has 0 radical (unpaired) electrons. The molecule has 0 spiro atoms. The highest BCUT2D eigenvalue weighted by molar-refractivity contribution is 5.83. The summed E-state index contributed by atoms with van der Waals surface area (Å²) in [4.78, 5) is 24.1. The van der Waals surface area contributed by atoms with Gasteiger partial charge >= 0.3 is 5.97 Å². The van der Waals surface area contributed by atoms with E-state index in [1.165, 1.54) is 0 Å². The van der Waals surface area contributed by atoms with Crippen molar-refractivity contribution in [1.82, 2.24) is 0 Å². The molecular formula is C24H46O8. The highest BCUT2D eigenvalue weighted by Gasteiger charge is 2.38. The molecule has 0 rings (SSSR count). The molecule has 0 heterocycles. The zero-order valence-corrected chi connectivity index (χ0v) is 20.0. The molecule has 0 aliphatic rings. The largest absolute Gasteiger partial charge is 0.457 e. The van der Waals surface area contributed by atoms with Gasteiger partial charge in [-0.25, -0.2) is 0 Å². The van der Waals surface area contributed by atoms with Crippen molar-refractivity contribution in [2.45, 2.75) is 134 Å². The molecule has 0 amide bonds. The highest BCUT2D eigenvalue weighted by atomic mass is 16.6. The minimum absolute atomic E-state index is 0.0594. The monoisotopic (exact) mass is 462 g/mol. The van der Waals surface area contributed by atoms with Crippen molar-refractivity contribution in [1.29, 1.82) is 0 Å². The maximum absolute atomic E-state index is 12.1. The maximum atomic E-state index is 12.1. The van der Waals surface area contributed by atoms with Gasteiger partial charge in [0.05, 0.1) is 6.61 Å². The lowest BCUT2D eigenvalue weighted by Gasteiger charge is -2.30. The van der Waals surface area contributed by atoms with Gasteiger partial charge in [0.15, 0.2) is 11.9 Å². The first-order valence-corrected chi connectivity index (χ1v) is 12.3. The third-order valence-electron chi connectivity index (χ3n) is 5.71. The van der Waals surface area contributed by atoms with E-state index in [2.05, 4.69) is 13.8 Å². The average Bonchev–Trinajstić information content (AvgIpc) is 2.79. The summed E-state index contributed by atoms with van der Waals surface area (Å²) in [5.41, 5.74) is 0. The van der Waals surface area contributed by atoms with Crippen LogP contribution in [0.15, 0.2) is 0 Å². The first-order valence-electron chi connectivity index (χ1n) is 12.3. The number of carbonyl (C=O) groups excluding carboxylic acids is 2. The normalized spacial score (nSPS) is 16.2. The van der Waals surface area contributed by atoms with Gasteiger partial charge in [0.25, 0.3) is 0 Å². The van der Waals surface area contributed by atoms with Crippen molar-refractivity contribution in [2.75, 3.05) is 6.61 Å². The molecule has 190 valence electrons. The highest BCUT2D eigenvalue weighted by Crippen LogP contribution is 2.15. The van der Waals surface area contributed by atoms with Crippen molar-refractivity contribution in [3.8, 4) is 0 Å². The Kier molecular flexibility index (Phi) is 18.8. The first-order chi connectivity index (χ1) is 15.3. The average molecular weight is 463 g/mol. The quantitative estimate of drug-likeness (QED) is 0.129. The number of ketones is 1. The van der Waals surface area contributed by atoms with Crippen LogP contribution in [0.4, 0.5) is 0 Å². The molecule has 8 heteroatoms. The molecule has 0 aliphatic carbocycles. The number of rotatable bonds is 21. The predicted octanol–water partition coefficient (Wildman–Crippen LogP) is 2.40. The van der Waals surface area contributed by atoms with Gasteiger partial charge in [-0.2, -0.15) is 0 Å². The summed E-state index contributed by atoms with van der Waals surface area (Å²) >= 11 is 0. The van der Waals surface area contributed by atoms with Crippen LogP contribution >= 0.6 is 0 Å². The standard InChI is InChI=1S/C24H46O8/c1-3-5-7-9-11-13-15-18(26)21(28)23(30)24(31)22(29)19(17-25)32-20(27)16-14-12-10-8-6-4-2/h19,21-25,28-31H,3-17H2,1-2H3/t19-,21?,22-,23+,24+/m1/s1. The number of carbonyl (C=O) groups is 2. The summed E-state index contributed by atoms with van der Waals surface area (Å²) in [6, 6.07) is 0. The lowest BCUT2D eigenvalue weighted by atomic mass is 9.95. The molecule has 0 aromatic heterocycles. The van der Waals surface area contributed by atoms with E-state index in [1.807, 2.05) is 0 Å². The Bertz CT molecular complexity index is 479. The molecular weight excluding hydrogens is 416 g/mol. The molecule has 0 saturated carbocycles. The molecule has 0 fully saturated rings. The topological polar surface area (TPSA) is 145 Å². The van der Waals surface area contributed by atoms with Crippen LogP contribution in [0.5, 0.6) is 0 Å². The number of Topliss-reactive ketones (excluding diaryl/α,β-unsaturated/α-hetero) is 1. The molecule has 5 atom stereocenters. The Morgan fingerprint density at radius 2 is 1.12 bits per heavy atom. The van der Waals surface area contributed by atoms with Gasteiger partial charge in [-0.1, -0.05) is 78.1 Å². The van der Waals surface area contributed by atoms with Crippen molar-refractivity contribution in [3.63, 3.8) is 0 Å². The number of hydrogen-bond donors (Lipinski definition) is 5. The Labute approximate surface area is 193 Å². The molecule has 0 aromatic carbocycles. The van der Waals surface area contributed by atoms with Gasteiger partial charge in [0, 0.05) is 12.8 Å².